The molecule has 2 N–H and O–H groups in total. The van der Waals surface area contributed by atoms with Crippen molar-refractivity contribution in [2.24, 2.45) is 0 Å². The minimum Gasteiger partial charge on any atom is -0.280 e. The molecule has 0 saturated heterocycles. The maximum Gasteiger partial charge on any atom is 0.271 e. The predicted molar refractivity (Wildman–Crippen MR) is 122 cm³/mol. The Kier molecular flexibility index (Phi) is 6.38. The van der Waals surface area contributed by atoms with E-state index in [4.69, 9.17) is 0 Å². The Morgan fingerprint density at radius 3 is 1.94 bits per heavy atom. The molecule has 174 valence electrons. The number of rotatable bonds is 7. The zero-order valence-electron chi connectivity index (χ0n) is 18.1. The molecule has 0 unspecified atom stereocenters. The molecule has 1 heterocycles. The Balaban J connectivity index is 1.87. The third kappa shape index (κ3) is 5.43. The summed E-state index contributed by atoms with van der Waals surface area (Å²) in [6.45, 7) is 6.54. The number of aromatic nitrogens is 2. The van der Waals surface area contributed by atoms with E-state index in [-0.39, 0.29) is 27.1 Å². The maximum atomic E-state index is 12.9. The van der Waals surface area contributed by atoms with Crippen molar-refractivity contribution in [1.29, 1.82) is 0 Å². The first-order valence-electron chi connectivity index (χ1n) is 9.52. The standard InChI is InChI=1S/C20H21N5O6S2/c1-12-9-17(25(26)27)11-19(15(12)4)33(30,31)23-16-5-7-18(8-6-16)32(28,29)24-20-21-13(2)10-14(3)22-20/h5-11,23H,1-4H3,(H,21,22,24). The molecule has 0 aliphatic carbocycles. The van der Waals surface area contributed by atoms with Crippen molar-refractivity contribution in [3.8, 4) is 0 Å². The maximum absolute atomic E-state index is 12.9. The van der Waals surface area contributed by atoms with E-state index in [0.29, 0.717) is 22.5 Å². The number of sulfonamides is 2. The molecular formula is C20H21N5O6S2. The van der Waals surface area contributed by atoms with Crippen LogP contribution in [0.2, 0.25) is 0 Å². The summed E-state index contributed by atoms with van der Waals surface area (Å²) in [4.78, 5) is 18.2. The lowest BCUT2D eigenvalue weighted by Crippen LogP contribution is -2.17. The largest absolute Gasteiger partial charge is 0.280 e. The number of nitrogens with zero attached hydrogens (tertiary/aromatic N) is 3. The van der Waals surface area contributed by atoms with Gasteiger partial charge in [-0.3, -0.25) is 14.8 Å². The summed E-state index contributed by atoms with van der Waals surface area (Å²) in [5.41, 5.74) is 1.74. The summed E-state index contributed by atoms with van der Waals surface area (Å²) in [5, 5.41) is 11.1. The second-order valence-corrected chi connectivity index (χ2v) is 10.7. The van der Waals surface area contributed by atoms with E-state index in [1.54, 1.807) is 33.8 Å². The molecule has 0 saturated carbocycles. The fraction of sp³-hybridized carbons (Fsp3) is 0.200. The van der Waals surface area contributed by atoms with Gasteiger partial charge in [-0.25, -0.2) is 31.5 Å². The molecule has 1 aromatic heterocycles. The van der Waals surface area contributed by atoms with E-state index in [2.05, 4.69) is 19.4 Å². The van der Waals surface area contributed by atoms with Crippen LogP contribution in [0.1, 0.15) is 22.5 Å². The summed E-state index contributed by atoms with van der Waals surface area (Å²) in [6.07, 6.45) is 0. The highest BCUT2D eigenvalue weighted by Gasteiger charge is 2.23. The average Bonchev–Trinajstić information content (AvgIpc) is 2.68. The minimum absolute atomic E-state index is 0.0752. The highest BCUT2D eigenvalue weighted by Crippen LogP contribution is 2.27. The van der Waals surface area contributed by atoms with Crippen molar-refractivity contribution in [2.45, 2.75) is 37.5 Å². The van der Waals surface area contributed by atoms with E-state index in [9.17, 15) is 26.9 Å². The zero-order chi connectivity index (χ0) is 24.6. The molecule has 0 atom stereocenters. The van der Waals surface area contributed by atoms with Crippen LogP contribution < -0.4 is 9.44 Å². The van der Waals surface area contributed by atoms with Gasteiger partial charge in [0.1, 0.15) is 0 Å². The summed E-state index contributed by atoms with van der Waals surface area (Å²) in [5.74, 6) is -0.0752. The van der Waals surface area contributed by atoms with Crippen LogP contribution in [-0.4, -0.2) is 31.7 Å². The van der Waals surface area contributed by atoms with Crippen molar-refractivity contribution < 1.29 is 21.8 Å². The number of hydrogen-bond donors (Lipinski definition) is 2. The second kappa shape index (κ2) is 8.75. The summed E-state index contributed by atoms with van der Waals surface area (Å²) < 4.78 is 55.6. The third-order valence-electron chi connectivity index (χ3n) is 4.73. The van der Waals surface area contributed by atoms with Crippen molar-refractivity contribution in [1.82, 2.24) is 9.97 Å². The number of non-ortho nitro benzene ring substituents is 1. The zero-order valence-corrected chi connectivity index (χ0v) is 19.8. The Morgan fingerprint density at radius 1 is 0.818 bits per heavy atom. The molecular weight excluding hydrogens is 470 g/mol. The van der Waals surface area contributed by atoms with Crippen LogP contribution in [0.3, 0.4) is 0 Å². The van der Waals surface area contributed by atoms with E-state index in [0.717, 1.165) is 6.07 Å². The number of nitrogens with one attached hydrogen (secondary N) is 2. The van der Waals surface area contributed by atoms with E-state index in [1.807, 2.05) is 0 Å². The second-order valence-electron chi connectivity index (χ2n) is 7.35. The third-order valence-corrected chi connectivity index (χ3v) is 7.58. The lowest BCUT2D eigenvalue weighted by molar-refractivity contribution is -0.385. The van der Waals surface area contributed by atoms with Gasteiger partial charge in [0.05, 0.1) is 14.7 Å². The van der Waals surface area contributed by atoms with Crippen molar-refractivity contribution in [3.05, 3.63) is 75.1 Å². The average molecular weight is 492 g/mol. The van der Waals surface area contributed by atoms with Gasteiger partial charge in [-0.05, 0) is 69.2 Å². The van der Waals surface area contributed by atoms with Crippen LogP contribution in [0, 0.1) is 37.8 Å². The van der Waals surface area contributed by atoms with Gasteiger partial charge in [-0.2, -0.15) is 0 Å². The van der Waals surface area contributed by atoms with Gasteiger partial charge in [-0.1, -0.05) is 0 Å². The molecule has 11 nitrogen and oxygen atoms in total. The molecule has 0 fully saturated rings. The Hall–Kier alpha value is -3.58. The molecule has 0 aliphatic rings. The highest BCUT2D eigenvalue weighted by molar-refractivity contribution is 7.93. The van der Waals surface area contributed by atoms with Gasteiger partial charge in [0.2, 0.25) is 5.95 Å². The van der Waals surface area contributed by atoms with Gasteiger partial charge in [0.25, 0.3) is 25.7 Å². The molecule has 0 radical (unpaired) electrons. The topological polar surface area (TPSA) is 161 Å². The number of hydrogen-bond acceptors (Lipinski definition) is 8. The molecule has 3 rings (SSSR count). The Bertz CT molecular complexity index is 1430. The van der Waals surface area contributed by atoms with Crippen LogP contribution in [0.15, 0.2) is 52.3 Å². The monoisotopic (exact) mass is 491 g/mol. The van der Waals surface area contributed by atoms with Crippen molar-refractivity contribution >= 4 is 37.4 Å². The predicted octanol–water partition coefficient (Wildman–Crippen LogP) is 3.22. The first-order valence-corrected chi connectivity index (χ1v) is 12.5. The van der Waals surface area contributed by atoms with Crippen molar-refractivity contribution in [3.63, 3.8) is 0 Å². The van der Waals surface area contributed by atoms with Crippen LogP contribution in [0.25, 0.3) is 0 Å². The lowest BCUT2D eigenvalue weighted by Gasteiger charge is -2.13. The van der Waals surface area contributed by atoms with Gasteiger partial charge in [-0.15, -0.1) is 0 Å². The molecule has 0 amide bonds. The molecule has 0 aliphatic heterocycles. The minimum atomic E-state index is -4.17. The van der Waals surface area contributed by atoms with E-state index < -0.39 is 25.0 Å². The number of anilines is 2. The summed E-state index contributed by atoms with van der Waals surface area (Å²) in [6, 6.07) is 8.95. The van der Waals surface area contributed by atoms with E-state index in [1.165, 1.54) is 30.3 Å². The Morgan fingerprint density at radius 2 is 1.39 bits per heavy atom. The molecule has 13 heteroatoms. The summed E-state index contributed by atoms with van der Waals surface area (Å²) >= 11 is 0. The van der Waals surface area contributed by atoms with Crippen molar-refractivity contribution in [2.75, 3.05) is 9.44 Å². The fourth-order valence-corrected chi connectivity index (χ4v) is 5.40. The van der Waals surface area contributed by atoms with Crippen LogP contribution >= 0.6 is 0 Å². The number of aryl methyl sites for hydroxylation is 3. The molecule has 33 heavy (non-hydrogen) atoms. The molecule has 0 spiro atoms. The van der Waals surface area contributed by atoms with Gasteiger partial charge in [0.15, 0.2) is 0 Å². The lowest BCUT2D eigenvalue weighted by atomic mass is 10.1. The SMILES string of the molecule is Cc1cc(C)nc(NS(=O)(=O)c2ccc(NS(=O)(=O)c3cc([N+](=O)[O-])cc(C)c3C)cc2)n1. The van der Waals surface area contributed by atoms with Gasteiger partial charge in [0, 0.05) is 29.2 Å². The highest BCUT2D eigenvalue weighted by atomic mass is 32.2. The molecule has 3 aromatic rings. The van der Waals surface area contributed by atoms with Gasteiger partial charge >= 0.3 is 0 Å². The first kappa shape index (κ1) is 24.1. The number of nitro benzene ring substituents is 1. The van der Waals surface area contributed by atoms with Crippen LogP contribution in [0.4, 0.5) is 17.3 Å². The fourth-order valence-electron chi connectivity index (χ4n) is 3.06. The smallest absolute Gasteiger partial charge is 0.271 e. The van der Waals surface area contributed by atoms with Crippen LogP contribution in [0.5, 0.6) is 0 Å². The van der Waals surface area contributed by atoms with Gasteiger partial charge < -0.3 is 0 Å². The first-order chi connectivity index (χ1) is 15.3. The number of benzene rings is 2. The van der Waals surface area contributed by atoms with Crippen LogP contribution in [-0.2, 0) is 20.0 Å². The molecule has 0 bridgehead atoms. The summed E-state index contributed by atoms with van der Waals surface area (Å²) in [7, 11) is -8.18. The number of nitro groups is 1. The normalized spacial score (nSPS) is 11.8. The van der Waals surface area contributed by atoms with E-state index >= 15 is 0 Å². The molecule has 2 aromatic carbocycles. The quantitative estimate of drug-likeness (QED) is 0.376. The Labute approximate surface area is 191 Å².